The lowest BCUT2D eigenvalue weighted by atomic mass is 9.99. The number of carbonyl (C=O) groups is 1. The molecule has 36 heavy (non-hydrogen) atoms. The molecular formula is C29H31ClO6. The van der Waals surface area contributed by atoms with Crippen LogP contribution in [-0.2, 0) is 48.3 Å². The van der Waals surface area contributed by atoms with Crippen LogP contribution < -0.4 is 0 Å². The number of ether oxygens (including phenoxy) is 5. The third-order valence-electron chi connectivity index (χ3n) is 5.84. The first-order chi connectivity index (χ1) is 17.6. The van der Waals surface area contributed by atoms with Crippen molar-refractivity contribution in [2.45, 2.75) is 56.7 Å². The van der Waals surface area contributed by atoms with Crippen LogP contribution in [0, 0.1) is 0 Å². The molecule has 4 rings (SSSR count). The van der Waals surface area contributed by atoms with E-state index in [2.05, 4.69) is 0 Å². The summed E-state index contributed by atoms with van der Waals surface area (Å²) in [4.78, 5) is 11.9. The van der Waals surface area contributed by atoms with E-state index >= 15 is 0 Å². The van der Waals surface area contributed by atoms with Gasteiger partial charge in [-0.2, -0.15) is 0 Å². The van der Waals surface area contributed by atoms with Crippen molar-refractivity contribution >= 4 is 17.6 Å². The summed E-state index contributed by atoms with van der Waals surface area (Å²) in [5.74, 6) is -0.469. The molecule has 0 spiro atoms. The first-order valence-electron chi connectivity index (χ1n) is 12.0. The van der Waals surface area contributed by atoms with Crippen molar-refractivity contribution in [2.24, 2.45) is 0 Å². The van der Waals surface area contributed by atoms with E-state index < -0.39 is 35.9 Å². The van der Waals surface area contributed by atoms with Gasteiger partial charge in [0.1, 0.15) is 18.3 Å². The average Bonchev–Trinajstić information content (AvgIpc) is 2.90. The molecular weight excluding hydrogens is 480 g/mol. The summed E-state index contributed by atoms with van der Waals surface area (Å²) in [6.45, 7) is 2.62. The van der Waals surface area contributed by atoms with Crippen molar-refractivity contribution in [1.82, 2.24) is 0 Å². The van der Waals surface area contributed by atoms with Crippen LogP contribution in [-0.4, -0.2) is 42.6 Å². The Morgan fingerprint density at radius 3 is 1.69 bits per heavy atom. The van der Waals surface area contributed by atoms with Crippen molar-refractivity contribution in [3.05, 3.63) is 108 Å². The number of esters is 1. The molecule has 0 radical (unpaired) electrons. The van der Waals surface area contributed by atoms with E-state index in [0.29, 0.717) is 19.8 Å². The molecule has 1 aliphatic rings. The maximum absolute atomic E-state index is 11.9. The summed E-state index contributed by atoms with van der Waals surface area (Å²) in [6, 6.07) is 29.5. The number of halogens is 1. The van der Waals surface area contributed by atoms with Crippen LogP contribution in [0.3, 0.4) is 0 Å². The normalized spacial score (nSPS) is 23.8. The van der Waals surface area contributed by atoms with Crippen molar-refractivity contribution in [1.29, 1.82) is 0 Å². The zero-order valence-electron chi connectivity index (χ0n) is 20.2. The monoisotopic (exact) mass is 510 g/mol. The van der Waals surface area contributed by atoms with Gasteiger partial charge in [0.15, 0.2) is 11.7 Å². The van der Waals surface area contributed by atoms with Crippen LogP contribution in [0.25, 0.3) is 0 Å². The summed E-state index contributed by atoms with van der Waals surface area (Å²) in [5.41, 5.74) is 2.11. The second-order valence-corrected chi connectivity index (χ2v) is 9.05. The summed E-state index contributed by atoms with van der Waals surface area (Å²) < 4.78 is 30.3. The number of rotatable bonds is 11. The molecule has 190 valence electrons. The molecule has 6 nitrogen and oxygen atoms in total. The van der Waals surface area contributed by atoms with Crippen LogP contribution in [0.1, 0.15) is 23.6 Å². The zero-order chi connectivity index (χ0) is 25.2. The second kappa shape index (κ2) is 13.5. The largest absolute Gasteiger partial charge is 0.456 e. The van der Waals surface area contributed by atoms with Gasteiger partial charge in [-0.1, -0.05) is 103 Å². The molecule has 0 aromatic heterocycles. The fraction of sp³-hybridized carbons (Fsp3) is 0.345. The van der Waals surface area contributed by atoms with E-state index in [0.717, 1.165) is 16.7 Å². The molecule has 3 aromatic carbocycles. The molecule has 3 aromatic rings. The maximum Gasteiger partial charge on any atom is 0.303 e. The Morgan fingerprint density at radius 1 is 0.722 bits per heavy atom. The van der Waals surface area contributed by atoms with Gasteiger partial charge in [0, 0.05) is 6.92 Å². The Bertz CT molecular complexity index is 1050. The zero-order valence-corrected chi connectivity index (χ0v) is 21.0. The Labute approximate surface area is 217 Å². The molecule has 0 N–H and O–H groups in total. The molecule has 1 aliphatic heterocycles. The van der Waals surface area contributed by atoms with Gasteiger partial charge in [-0.05, 0) is 16.7 Å². The van der Waals surface area contributed by atoms with Crippen molar-refractivity contribution < 1.29 is 28.5 Å². The predicted molar refractivity (Wildman–Crippen MR) is 136 cm³/mol. The Kier molecular flexibility index (Phi) is 9.90. The van der Waals surface area contributed by atoms with Gasteiger partial charge in [-0.15, -0.1) is 0 Å². The smallest absolute Gasteiger partial charge is 0.303 e. The number of carbonyl (C=O) groups excluding carboxylic acids is 1. The lowest BCUT2D eigenvalue weighted by molar-refractivity contribution is -0.250. The van der Waals surface area contributed by atoms with Crippen molar-refractivity contribution in [2.75, 3.05) is 6.61 Å². The highest BCUT2D eigenvalue weighted by atomic mass is 35.5. The van der Waals surface area contributed by atoms with Gasteiger partial charge in [0.25, 0.3) is 0 Å². The minimum atomic E-state index is -0.920. The van der Waals surface area contributed by atoms with Crippen LogP contribution in [0.4, 0.5) is 0 Å². The molecule has 1 saturated heterocycles. The molecule has 2 unspecified atom stereocenters. The van der Waals surface area contributed by atoms with E-state index in [1.807, 2.05) is 91.0 Å². The van der Waals surface area contributed by atoms with Gasteiger partial charge in [-0.3, -0.25) is 4.79 Å². The molecule has 7 heteroatoms. The molecule has 5 atom stereocenters. The number of hydrogen-bond donors (Lipinski definition) is 0. The van der Waals surface area contributed by atoms with E-state index in [-0.39, 0.29) is 6.61 Å². The molecule has 0 bridgehead atoms. The van der Waals surface area contributed by atoms with Gasteiger partial charge in [0.2, 0.25) is 0 Å². The van der Waals surface area contributed by atoms with Gasteiger partial charge < -0.3 is 23.7 Å². The average molecular weight is 511 g/mol. The topological polar surface area (TPSA) is 63.2 Å². The molecule has 1 fully saturated rings. The molecule has 1 heterocycles. The standard InChI is InChI=1S/C29H31ClO6/c1-21(31)35-28-27(34-19-24-15-9-4-10-16-24)26(33-18-23-13-7-3-8-14-23)25(36-29(28)30)20-32-17-22-11-5-2-6-12-22/h2-16,25-29H,17-20H2,1H3/t25?,26-,27+,28?,29+/m0/s1. The SMILES string of the molecule is CC(=O)OC1[C@H](Cl)OC(COCc2ccccc2)[C@H](OCc2ccccc2)[C@H]1OCc1ccccc1. The molecule has 0 saturated carbocycles. The molecule has 0 aliphatic carbocycles. The minimum absolute atomic E-state index is 0.232. The van der Waals surface area contributed by atoms with E-state index in [9.17, 15) is 4.79 Å². The lowest BCUT2D eigenvalue weighted by Gasteiger charge is -2.43. The van der Waals surface area contributed by atoms with Crippen LogP contribution in [0.15, 0.2) is 91.0 Å². The van der Waals surface area contributed by atoms with Gasteiger partial charge in [0.05, 0.1) is 26.4 Å². The second-order valence-electron chi connectivity index (χ2n) is 8.62. The first-order valence-corrected chi connectivity index (χ1v) is 12.4. The highest BCUT2D eigenvalue weighted by Gasteiger charge is 2.49. The van der Waals surface area contributed by atoms with Gasteiger partial charge in [-0.25, -0.2) is 0 Å². The Hall–Kier alpha value is -2.74. The third kappa shape index (κ3) is 7.63. The van der Waals surface area contributed by atoms with Crippen molar-refractivity contribution in [3.8, 4) is 0 Å². The van der Waals surface area contributed by atoms with Crippen LogP contribution >= 0.6 is 11.6 Å². The van der Waals surface area contributed by atoms with Crippen molar-refractivity contribution in [3.63, 3.8) is 0 Å². The number of benzene rings is 3. The van der Waals surface area contributed by atoms with E-state index in [1.165, 1.54) is 6.92 Å². The summed E-state index contributed by atoms with van der Waals surface area (Å²) >= 11 is 6.59. The number of hydrogen-bond acceptors (Lipinski definition) is 6. The third-order valence-corrected chi connectivity index (χ3v) is 6.19. The van der Waals surface area contributed by atoms with Crippen LogP contribution in [0.2, 0.25) is 0 Å². The van der Waals surface area contributed by atoms with E-state index in [1.54, 1.807) is 0 Å². The highest BCUT2D eigenvalue weighted by Crippen LogP contribution is 2.32. The fourth-order valence-electron chi connectivity index (χ4n) is 4.11. The predicted octanol–water partition coefficient (Wildman–Crippen LogP) is 5.27. The number of alkyl halides is 1. The highest BCUT2D eigenvalue weighted by molar-refractivity contribution is 6.20. The fourth-order valence-corrected chi connectivity index (χ4v) is 4.44. The minimum Gasteiger partial charge on any atom is -0.456 e. The first kappa shape index (κ1) is 26.3. The van der Waals surface area contributed by atoms with Gasteiger partial charge >= 0.3 is 5.97 Å². The lowest BCUT2D eigenvalue weighted by Crippen LogP contribution is -2.60. The summed E-state index contributed by atoms with van der Waals surface area (Å²) in [6.07, 6.45) is -2.64. The Morgan fingerprint density at radius 2 is 1.19 bits per heavy atom. The summed E-state index contributed by atoms with van der Waals surface area (Å²) in [5, 5.41) is 0. The quantitative estimate of drug-likeness (QED) is 0.259. The Balaban J connectivity index is 1.53. The van der Waals surface area contributed by atoms with Crippen LogP contribution in [0.5, 0.6) is 0 Å². The molecule has 0 amide bonds. The maximum atomic E-state index is 11.9. The van der Waals surface area contributed by atoms with E-state index in [4.69, 9.17) is 35.3 Å². The summed E-state index contributed by atoms with van der Waals surface area (Å²) in [7, 11) is 0.